The van der Waals surface area contributed by atoms with E-state index < -0.39 is 5.97 Å². The van der Waals surface area contributed by atoms with E-state index in [1.807, 2.05) is 49.4 Å². The van der Waals surface area contributed by atoms with E-state index in [1.165, 1.54) is 10.6 Å². The Kier molecular flexibility index (Phi) is 6.98. The lowest BCUT2D eigenvalue weighted by atomic mass is 10.1. The van der Waals surface area contributed by atoms with Gasteiger partial charge in [0.15, 0.2) is 0 Å². The molecule has 0 aliphatic carbocycles. The van der Waals surface area contributed by atoms with Crippen LogP contribution in [0, 0.1) is 6.92 Å². The molecule has 0 spiro atoms. The van der Waals surface area contributed by atoms with Gasteiger partial charge in [0.05, 0.1) is 17.2 Å². The number of aryl methyl sites for hydroxylation is 1. The second kappa shape index (κ2) is 9.84. The fourth-order valence-electron chi connectivity index (χ4n) is 2.83. The summed E-state index contributed by atoms with van der Waals surface area (Å²) in [4.78, 5) is 37.5. The van der Waals surface area contributed by atoms with Gasteiger partial charge in [-0.05, 0) is 43.2 Å². The van der Waals surface area contributed by atoms with Gasteiger partial charge in [-0.3, -0.25) is 14.2 Å². The maximum absolute atomic E-state index is 13.0. The molecular weight excluding hydrogens is 400 g/mol. The van der Waals surface area contributed by atoms with Crippen molar-refractivity contribution in [3.05, 3.63) is 85.3 Å². The standard InChI is InChI=1S/C23H22N2O4S/c1-3-29-22(27)14-21-25(15-20(26)24-18-11-5-4-6-12-18)23(28)19(30-21)13-17-10-8-7-9-16(17)2/h4-14H,3,15H2,1-2H3,(H,24,26). The first-order valence-electron chi connectivity index (χ1n) is 9.48. The van der Waals surface area contributed by atoms with Gasteiger partial charge < -0.3 is 10.1 Å². The first-order valence-corrected chi connectivity index (χ1v) is 10.3. The van der Waals surface area contributed by atoms with Crippen molar-refractivity contribution >= 4 is 41.1 Å². The van der Waals surface area contributed by atoms with Gasteiger partial charge in [-0.2, -0.15) is 0 Å². The Labute approximate surface area is 177 Å². The number of hydrogen-bond acceptors (Lipinski definition) is 5. The van der Waals surface area contributed by atoms with Crippen LogP contribution in [0.15, 0.2) is 59.4 Å². The molecule has 3 aromatic rings. The minimum Gasteiger partial charge on any atom is -0.463 e. The summed E-state index contributed by atoms with van der Waals surface area (Å²) in [5.41, 5.74) is 2.23. The van der Waals surface area contributed by atoms with E-state index in [-0.39, 0.29) is 24.6 Å². The average Bonchev–Trinajstić information content (AvgIpc) is 2.99. The molecule has 3 rings (SSSR count). The summed E-state index contributed by atoms with van der Waals surface area (Å²) in [6, 6.07) is 16.7. The molecule has 0 saturated carbocycles. The molecule has 1 heterocycles. The number of amides is 1. The fourth-order valence-corrected chi connectivity index (χ4v) is 3.85. The van der Waals surface area contributed by atoms with Crippen LogP contribution in [-0.2, 0) is 20.9 Å². The average molecular weight is 423 g/mol. The van der Waals surface area contributed by atoms with Gasteiger partial charge in [0.2, 0.25) is 5.91 Å². The molecule has 6 nitrogen and oxygen atoms in total. The number of carbonyl (C=O) groups excluding carboxylic acids is 2. The summed E-state index contributed by atoms with van der Waals surface area (Å²) in [5, 5.41) is 2.76. The lowest BCUT2D eigenvalue weighted by Crippen LogP contribution is -2.36. The van der Waals surface area contributed by atoms with Crippen LogP contribution in [0.2, 0.25) is 0 Å². The van der Waals surface area contributed by atoms with Crippen molar-refractivity contribution in [3.8, 4) is 0 Å². The van der Waals surface area contributed by atoms with Gasteiger partial charge in [0.1, 0.15) is 11.2 Å². The zero-order valence-electron chi connectivity index (χ0n) is 16.8. The Morgan fingerprint density at radius 2 is 1.80 bits per heavy atom. The number of esters is 1. The summed E-state index contributed by atoms with van der Waals surface area (Å²) in [6.07, 6.45) is 3.02. The summed E-state index contributed by atoms with van der Waals surface area (Å²) in [5.74, 6) is -0.916. The highest BCUT2D eigenvalue weighted by molar-refractivity contribution is 7.07. The maximum atomic E-state index is 13.0. The van der Waals surface area contributed by atoms with Crippen LogP contribution < -0.4 is 20.1 Å². The molecule has 30 heavy (non-hydrogen) atoms. The van der Waals surface area contributed by atoms with Crippen molar-refractivity contribution in [3.63, 3.8) is 0 Å². The van der Waals surface area contributed by atoms with Crippen molar-refractivity contribution in [2.24, 2.45) is 0 Å². The number of nitrogens with zero attached hydrogens (tertiary/aromatic N) is 1. The summed E-state index contributed by atoms with van der Waals surface area (Å²) in [6.45, 7) is 3.67. The lowest BCUT2D eigenvalue weighted by Gasteiger charge is -2.05. The monoisotopic (exact) mass is 422 g/mol. The van der Waals surface area contributed by atoms with Crippen LogP contribution in [-0.4, -0.2) is 23.1 Å². The topological polar surface area (TPSA) is 77.4 Å². The first-order chi connectivity index (χ1) is 14.5. The smallest absolute Gasteiger partial charge is 0.333 e. The molecule has 0 saturated heterocycles. The number of aromatic nitrogens is 1. The molecule has 0 fully saturated rings. The third-order valence-corrected chi connectivity index (χ3v) is 5.36. The van der Waals surface area contributed by atoms with E-state index in [9.17, 15) is 14.4 Å². The molecule has 0 bridgehead atoms. The molecule has 154 valence electrons. The van der Waals surface area contributed by atoms with Gasteiger partial charge in [0, 0.05) is 5.69 Å². The molecule has 0 radical (unpaired) electrons. The number of thiazole rings is 1. The van der Waals surface area contributed by atoms with Crippen molar-refractivity contribution in [2.45, 2.75) is 20.4 Å². The van der Waals surface area contributed by atoms with Gasteiger partial charge in [-0.1, -0.05) is 42.5 Å². The van der Waals surface area contributed by atoms with E-state index >= 15 is 0 Å². The Morgan fingerprint density at radius 3 is 2.50 bits per heavy atom. The normalized spacial score (nSPS) is 12.1. The largest absolute Gasteiger partial charge is 0.463 e. The van der Waals surface area contributed by atoms with E-state index in [0.29, 0.717) is 14.9 Å². The molecule has 1 amide bonds. The van der Waals surface area contributed by atoms with Crippen molar-refractivity contribution < 1.29 is 14.3 Å². The van der Waals surface area contributed by atoms with Crippen LogP contribution in [0.1, 0.15) is 18.1 Å². The third-order valence-electron chi connectivity index (χ3n) is 4.30. The number of nitrogens with one attached hydrogen (secondary N) is 1. The van der Waals surface area contributed by atoms with E-state index in [2.05, 4.69) is 5.32 Å². The molecule has 0 unspecified atom stereocenters. The summed E-state index contributed by atoms with van der Waals surface area (Å²) >= 11 is 1.15. The minimum atomic E-state index is -0.557. The molecule has 0 aliphatic rings. The van der Waals surface area contributed by atoms with Crippen molar-refractivity contribution in [2.75, 3.05) is 11.9 Å². The van der Waals surface area contributed by atoms with Gasteiger partial charge in [-0.15, -0.1) is 11.3 Å². The number of hydrogen-bond donors (Lipinski definition) is 1. The van der Waals surface area contributed by atoms with Crippen molar-refractivity contribution in [1.29, 1.82) is 0 Å². The second-order valence-corrected chi connectivity index (χ2v) is 7.57. The predicted octanol–water partition coefficient (Wildman–Crippen LogP) is 2.03. The number of rotatable bonds is 6. The summed E-state index contributed by atoms with van der Waals surface area (Å²) < 4.78 is 7.07. The SMILES string of the molecule is CCOC(=O)C=c1sc(=Cc2ccccc2C)c(=O)n1CC(=O)Nc1ccccc1. The minimum absolute atomic E-state index is 0.211. The number of benzene rings is 2. The van der Waals surface area contributed by atoms with Crippen LogP contribution >= 0.6 is 11.3 Å². The first kappa shape index (κ1) is 21.3. The molecule has 0 atom stereocenters. The number of para-hydroxylation sites is 1. The highest BCUT2D eigenvalue weighted by Gasteiger charge is 2.11. The third kappa shape index (κ3) is 5.33. The zero-order chi connectivity index (χ0) is 21.5. The Balaban J connectivity index is 2.03. The van der Waals surface area contributed by atoms with Gasteiger partial charge >= 0.3 is 5.97 Å². The van der Waals surface area contributed by atoms with E-state index in [0.717, 1.165) is 22.5 Å². The van der Waals surface area contributed by atoms with Crippen LogP contribution in [0.5, 0.6) is 0 Å². The number of anilines is 1. The quantitative estimate of drug-likeness (QED) is 0.617. The van der Waals surface area contributed by atoms with Gasteiger partial charge in [-0.25, -0.2) is 4.79 Å². The zero-order valence-corrected chi connectivity index (χ0v) is 17.6. The highest BCUT2D eigenvalue weighted by atomic mass is 32.1. The fraction of sp³-hybridized carbons (Fsp3) is 0.174. The lowest BCUT2D eigenvalue weighted by molar-refractivity contribution is -0.135. The maximum Gasteiger partial charge on any atom is 0.333 e. The number of carbonyl (C=O) groups is 2. The van der Waals surface area contributed by atoms with E-state index in [4.69, 9.17) is 4.74 Å². The molecular formula is C23H22N2O4S. The molecule has 2 aromatic carbocycles. The second-order valence-electron chi connectivity index (χ2n) is 6.51. The summed E-state index contributed by atoms with van der Waals surface area (Å²) in [7, 11) is 0. The Morgan fingerprint density at radius 1 is 1.10 bits per heavy atom. The molecule has 0 aliphatic heterocycles. The van der Waals surface area contributed by atoms with Crippen LogP contribution in [0.4, 0.5) is 5.69 Å². The van der Waals surface area contributed by atoms with E-state index in [1.54, 1.807) is 25.1 Å². The van der Waals surface area contributed by atoms with Crippen LogP contribution in [0.25, 0.3) is 12.2 Å². The predicted molar refractivity (Wildman–Crippen MR) is 119 cm³/mol. The van der Waals surface area contributed by atoms with Crippen LogP contribution in [0.3, 0.4) is 0 Å². The molecule has 1 aromatic heterocycles. The number of ether oxygens (including phenoxy) is 1. The Hall–Kier alpha value is -3.45. The Bertz CT molecular complexity index is 1230. The van der Waals surface area contributed by atoms with Gasteiger partial charge in [0.25, 0.3) is 5.56 Å². The molecule has 7 heteroatoms. The highest BCUT2D eigenvalue weighted by Crippen LogP contribution is 2.07. The van der Waals surface area contributed by atoms with Crippen molar-refractivity contribution in [1.82, 2.24) is 4.57 Å². The molecule has 1 N–H and O–H groups in total.